The van der Waals surface area contributed by atoms with Crippen LogP contribution in [0.5, 0.6) is 0 Å². The van der Waals surface area contributed by atoms with Gasteiger partial charge in [-0.1, -0.05) is 13.8 Å². The second kappa shape index (κ2) is 6.67. The Morgan fingerprint density at radius 3 is 2.58 bits per heavy atom. The summed E-state index contributed by atoms with van der Waals surface area (Å²) in [6.07, 6.45) is 2.54. The fourth-order valence-corrected chi connectivity index (χ4v) is 3.09. The second-order valence-electron chi connectivity index (χ2n) is 5.50. The Morgan fingerprint density at radius 1 is 1.47 bits per heavy atom. The molecule has 1 rings (SSSR count). The number of carbonyl (C=O) groups excluding carboxylic acids is 1. The number of nitrogens with zero attached hydrogens (tertiary/aromatic N) is 1. The summed E-state index contributed by atoms with van der Waals surface area (Å²) >= 11 is 0. The van der Waals surface area contributed by atoms with Gasteiger partial charge in [-0.3, -0.25) is 4.79 Å². The minimum Gasteiger partial charge on any atom is -0.394 e. The van der Waals surface area contributed by atoms with Crippen LogP contribution in [-0.2, 0) is 14.8 Å². The van der Waals surface area contributed by atoms with Gasteiger partial charge in [0.05, 0.1) is 24.8 Å². The number of piperidine rings is 1. The van der Waals surface area contributed by atoms with E-state index in [1.54, 1.807) is 0 Å². The Bertz CT molecular complexity index is 408. The lowest BCUT2D eigenvalue weighted by Crippen LogP contribution is -2.49. The monoisotopic (exact) mass is 292 g/mol. The van der Waals surface area contributed by atoms with E-state index in [1.165, 1.54) is 4.31 Å². The third-order valence-electron chi connectivity index (χ3n) is 3.55. The lowest BCUT2D eigenvalue weighted by Gasteiger charge is -2.31. The van der Waals surface area contributed by atoms with Gasteiger partial charge >= 0.3 is 0 Å². The summed E-state index contributed by atoms with van der Waals surface area (Å²) in [7, 11) is -3.24. The molecule has 0 aromatic rings. The van der Waals surface area contributed by atoms with Crippen molar-refractivity contribution in [2.45, 2.75) is 32.7 Å². The summed E-state index contributed by atoms with van der Waals surface area (Å²) in [5, 5.41) is 12.0. The van der Waals surface area contributed by atoms with E-state index in [-0.39, 0.29) is 36.9 Å². The van der Waals surface area contributed by atoms with Gasteiger partial charge in [0, 0.05) is 13.1 Å². The van der Waals surface area contributed by atoms with Crippen molar-refractivity contribution in [2.24, 2.45) is 11.8 Å². The van der Waals surface area contributed by atoms with Crippen LogP contribution in [0, 0.1) is 11.8 Å². The van der Waals surface area contributed by atoms with E-state index in [2.05, 4.69) is 5.32 Å². The molecular weight excluding hydrogens is 268 g/mol. The Balaban J connectivity index is 2.62. The molecule has 19 heavy (non-hydrogen) atoms. The molecule has 7 heteroatoms. The van der Waals surface area contributed by atoms with E-state index in [9.17, 15) is 18.3 Å². The number of sulfonamides is 1. The summed E-state index contributed by atoms with van der Waals surface area (Å²) < 4.78 is 24.3. The van der Waals surface area contributed by atoms with E-state index in [1.807, 2.05) is 13.8 Å². The van der Waals surface area contributed by atoms with Gasteiger partial charge in [-0.25, -0.2) is 12.7 Å². The van der Waals surface area contributed by atoms with E-state index in [4.69, 9.17) is 0 Å². The first kappa shape index (κ1) is 16.4. The number of rotatable bonds is 5. The van der Waals surface area contributed by atoms with Crippen molar-refractivity contribution >= 4 is 15.9 Å². The van der Waals surface area contributed by atoms with Crippen LogP contribution in [0.2, 0.25) is 0 Å². The van der Waals surface area contributed by atoms with Crippen LogP contribution >= 0.6 is 0 Å². The number of hydrogen-bond acceptors (Lipinski definition) is 4. The summed E-state index contributed by atoms with van der Waals surface area (Å²) in [6, 6.07) is -0.277. The highest BCUT2D eigenvalue weighted by atomic mass is 32.2. The fourth-order valence-electron chi connectivity index (χ4n) is 2.18. The van der Waals surface area contributed by atoms with Crippen LogP contribution in [0.3, 0.4) is 0 Å². The molecule has 2 N–H and O–H groups in total. The summed E-state index contributed by atoms with van der Waals surface area (Å²) in [6.45, 7) is 4.46. The molecule has 1 amide bonds. The zero-order valence-corrected chi connectivity index (χ0v) is 12.6. The third-order valence-corrected chi connectivity index (χ3v) is 4.82. The molecule has 2 atom stereocenters. The normalized spacial score (nSPS) is 23.3. The molecule has 112 valence electrons. The quantitative estimate of drug-likeness (QED) is 0.734. The lowest BCUT2D eigenvalue weighted by atomic mass is 9.97. The number of nitrogens with one attached hydrogen (secondary N) is 1. The molecule has 1 saturated heterocycles. The van der Waals surface area contributed by atoms with Crippen molar-refractivity contribution in [1.82, 2.24) is 9.62 Å². The van der Waals surface area contributed by atoms with E-state index >= 15 is 0 Å². The highest BCUT2D eigenvalue weighted by molar-refractivity contribution is 7.88. The van der Waals surface area contributed by atoms with Crippen LogP contribution in [-0.4, -0.2) is 55.7 Å². The van der Waals surface area contributed by atoms with Crippen molar-refractivity contribution in [2.75, 3.05) is 26.0 Å². The van der Waals surface area contributed by atoms with Gasteiger partial charge in [0.15, 0.2) is 0 Å². The summed E-state index contributed by atoms with van der Waals surface area (Å²) in [4.78, 5) is 12.1. The first-order valence-electron chi connectivity index (χ1n) is 6.62. The Morgan fingerprint density at radius 2 is 2.11 bits per heavy atom. The van der Waals surface area contributed by atoms with Crippen LogP contribution < -0.4 is 5.32 Å². The molecule has 0 aromatic carbocycles. The maximum Gasteiger partial charge on any atom is 0.224 e. The van der Waals surface area contributed by atoms with Crippen LogP contribution in [0.15, 0.2) is 0 Å². The maximum atomic E-state index is 12.1. The molecular formula is C12H24N2O4S. The molecule has 1 aliphatic rings. The van der Waals surface area contributed by atoms with Gasteiger partial charge in [-0.2, -0.15) is 0 Å². The molecule has 1 heterocycles. The van der Waals surface area contributed by atoms with Gasteiger partial charge in [-0.05, 0) is 18.8 Å². The zero-order valence-electron chi connectivity index (χ0n) is 11.8. The average molecular weight is 292 g/mol. The van der Waals surface area contributed by atoms with Crippen LogP contribution in [0.1, 0.15) is 26.7 Å². The fraction of sp³-hybridized carbons (Fsp3) is 0.917. The molecule has 0 bridgehead atoms. The van der Waals surface area contributed by atoms with Gasteiger partial charge in [0.25, 0.3) is 0 Å². The Hall–Kier alpha value is -0.660. The van der Waals surface area contributed by atoms with E-state index in [0.717, 1.165) is 6.26 Å². The smallest absolute Gasteiger partial charge is 0.224 e. The van der Waals surface area contributed by atoms with Gasteiger partial charge < -0.3 is 10.4 Å². The predicted molar refractivity (Wildman–Crippen MR) is 73.0 cm³/mol. The lowest BCUT2D eigenvalue weighted by molar-refractivity contribution is -0.127. The Labute approximate surface area is 115 Å². The molecule has 0 saturated carbocycles. The zero-order chi connectivity index (χ0) is 14.6. The largest absolute Gasteiger partial charge is 0.394 e. The second-order valence-corrected chi connectivity index (χ2v) is 7.48. The van der Waals surface area contributed by atoms with Crippen LogP contribution in [0.25, 0.3) is 0 Å². The highest BCUT2D eigenvalue weighted by Gasteiger charge is 2.31. The van der Waals surface area contributed by atoms with Gasteiger partial charge in [-0.15, -0.1) is 0 Å². The van der Waals surface area contributed by atoms with Crippen molar-refractivity contribution in [3.05, 3.63) is 0 Å². The minimum atomic E-state index is -3.24. The number of aliphatic hydroxyl groups is 1. The first-order valence-corrected chi connectivity index (χ1v) is 8.47. The predicted octanol–water partition coefficient (Wildman–Crippen LogP) is -0.209. The maximum absolute atomic E-state index is 12.1. The molecule has 0 aliphatic carbocycles. The minimum absolute atomic E-state index is 0.105. The molecule has 6 nitrogen and oxygen atoms in total. The van der Waals surface area contributed by atoms with Crippen LogP contribution in [0.4, 0.5) is 0 Å². The average Bonchev–Trinajstić information content (AvgIpc) is 2.34. The number of aliphatic hydroxyl groups excluding tert-OH is 1. The molecule has 0 spiro atoms. The number of carbonyl (C=O) groups is 1. The van der Waals surface area contributed by atoms with Crippen molar-refractivity contribution < 1.29 is 18.3 Å². The molecule has 1 unspecified atom stereocenters. The topological polar surface area (TPSA) is 86.7 Å². The highest BCUT2D eigenvalue weighted by Crippen LogP contribution is 2.19. The van der Waals surface area contributed by atoms with E-state index < -0.39 is 10.0 Å². The van der Waals surface area contributed by atoms with Crippen molar-refractivity contribution in [1.29, 1.82) is 0 Å². The molecule has 0 radical (unpaired) electrons. The Kier molecular flexibility index (Phi) is 5.76. The molecule has 1 fully saturated rings. The van der Waals surface area contributed by atoms with Gasteiger partial charge in [0.1, 0.15) is 0 Å². The van der Waals surface area contributed by atoms with Crippen molar-refractivity contribution in [3.8, 4) is 0 Å². The van der Waals surface area contributed by atoms with E-state index in [0.29, 0.717) is 19.4 Å². The number of hydrogen-bond donors (Lipinski definition) is 2. The SMILES string of the molecule is CC(C)[C@@H](CO)NC(=O)C1CCCN(S(C)(=O)=O)C1. The summed E-state index contributed by atoms with van der Waals surface area (Å²) in [5.74, 6) is -0.346. The van der Waals surface area contributed by atoms with Crippen molar-refractivity contribution in [3.63, 3.8) is 0 Å². The standard InChI is InChI=1S/C12H24N2O4S/c1-9(2)11(8-15)13-12(16)10-5-4-6-14(7-10)19(3,17)18/h9-11,15H,4-8H2,1-3H3,(H,13,16)/t10?,11-/m1/s1. The third kappa shape index (κ3) is 4.74. The summed E-state index contributed by atoms with van der Waals surface area (Å²) in [5.41, 5.74) is 0. The first-order chi connectivity index (χ1) is 8.75. The molecule has 0 aromatic heterocycles. The molecule has 1 aliphatic heterocycles. The number of amides is 1. The van der Waals surface area contributed by atoms with Gasteiger partial charge in [0.2, 0.25) is 15.9 Å².